The zero-order chi connectivity index (χ0) is 10.7. The van der Waals surface area contributed by atoms with Gasteiger partial charge < -0.3 is 10.5 Å². The summed E-state index contributed by atoms with van der Waals surface area (Å²) in [6, 6.07) is 5.88. The van der Waals surface area contributed by atoms with E-state index >= 15 is 0 Å². The molecule has 0 amide bonds. The Bertz CT molecular complexity index is 336. The van der Waals surface area contributed by atoms with E-state index in [0.717, 1.165) is 28.2 Å². The maximum absolute atomic E-state index is 5.78. The lowest BCUT2D eigenvalue weighted by Gasteiger charge is -2.07. The lowest BCUT2D eigenvalue weighted by atomic mass is 10.2. The van der Waals surface area contributed by atoms with E-state index in [1.54, 1.807) is 0 Å². The van der Waals surface area contributed by atoms with E-state index in [0.29, 0.717) is 6.61 Å². The Kier molecular flexibility index (Phi) is 3.65. The molecule has 1 aliphatic rings. The van der Waals surface area contributed by atoms with Crippen LogP contribution in [0.2, 0.25) is 0 Å². The molecule has 0 heterocycles. The molecule has 0 radical (unpaired) electrons. The summed E-state index contributed by atoms with van der Waals surface area (Å²) >= 11 is 3.47. The van der Waals surface area contributed by atoms with Crippen LogP contribution in [-0.2, 0) is 11.3 Å². The molecule has 0 unspecified atom stereocenters. The predicted molar refractivity (Wildman–Crippen MR) is 65.6 cm³/mol. The first-order valence-corrected chi connectivity index (χ1v) is 6.17. The van der Waals surface area contributed by atoms with E-state index in [4.69, 9.17) is 10.5 Å². The number of hydrogen-bond donors (Lipinski definition) is 1. The van der Waals surface area contributed by atoms with Crippen molar-refractivity contribution in [3.05, 3.63) is 28.2 Å². The number of halogens is 1. The molecule has 1 aliphatic carbocycles. The molecule has 2 nitrogen and oxygen atoms in total. The summed E-state index contributed by atoms with van der Waals surface area (Å²) in [5.74, 6) is 0.939. The van der Waals surface area contributed by atoms with Crippen molar-refractivity contribution in [3.8, 4) is 0 Å². The van der Waals surface area contributed by atoms with Crippen LogP contribution in [0.5, 0.6) is 0 Å². The first-order chi connectivity index (χ1) is 7.27. The second-order valence-electron chi connectivity index (χ2n) is 4.10. The van der Waals surface area contributed by atoms with Crippen molar-refractivity contribution in [1.29, 1.82) is 0 Å². The molecule has 1 aromatic rings. The number of rotatable bonds is 5. The third-order valence-corrected chi connectivity index (χ3v) is 3.70. The van der Waals surface area contributed by atoms with Crippen molar-refractivity contribution in [3.63, 3.8) is 0 Å². The Balaban J connectivity index is 1.78. The van der Waals surface area contributed by atoms with Crippen molar-refractivity contribution in [2.45, 2.75) is 25.9 Å². The molecule has 0 bridgehead atoms. The van der Waals surface area contributed by atoms with Gasteiger partial charge in [0, 0.05) is 16.8 Å². The van der Waals surface area contributed by atoms with Crippen LogP contribution in [0.15, 0.2) is 22.7 Å². The maximum atomic E-state index is 5.78. The fraction of sp³-hybridized carbons (Fsp3) is 0.500. The SMILES string of the molecule is Nc1cccc(COCCC2CC2)c1Br. The molecule has 15 heavy (non-hydrogen) atoms. The first-order valence-electron chi connectivity index (χ1n) is 5.38. The third kappa shape index (κ3) is 3.21. The standard InChI is InChI=1S/C12H16BrNO/c13-12-10(2-1-3-11(12)14)8-15-7-6-9-4-5-9/h1-3,9H,4-8,14H2. The predicted octanol–water partition coefficient (Wildman–Crippen LogP) is 3.35. The molecule has 3 heteroatoms. The Hall–Kier alpha value is -0.540. The average Bonchev–Trinajstić information content (AvgIpc) is 3.02. The summed E-state index contributed by atoms with van der Waals surface area (Å²) < 4.78 is 6.59. The van der Waals surface area contributed by atoms with Gasteiger partial charge in [0.25, 0.3) is 0 Å². The second-order valence-corrected chi connectivity index (χ2v) is 4.90. The number of hydrogen-bond acceptors (Lipinski definition) is 2. The van der Waals surface area contributed by atoms with E-state index in [2.05, 4.69) is 15.9 Å². The largest absolute Gasteiger partial charge is 0.398 e. The minimum absolute atomic E-state index is 0.651. The van der Waals surface area contributed by atoms with Crippen molar-refractivity contribution in [1.82, 2.24) is 0 Å². The molecule has 1 aromatic carbocycles. The molecule has 2 rings (SSSR count). The smallest absolute Gasteiger partial charge is 0.0728 e. The summed E-state index contributed by atoms with van der Waals surface area (Å²) in [7, 11) is 0. The van der Waals surface area contributed by atoms with Gasteiger partial charge in [-0.2, -0.15) is 0 Å². The van der Waals surface area contributed by atoms with E-state index in [1.807, 2.05) is 18.2 Å². The van der Waals surface area contributed by atoms with E-state index in [-0.39, 0.29) is 0 Å². The summed E-state index contributed by atoms with van der Waals surface area (Å²) in [4.78, 5) is 0. The van der Waals surface area contributed by atoms with E-state index < -0.39 is 0 Å². The van der Waals surface area contributed by atoms with Gasteiger partial charge in [-0.15, -0.1) is 0 Å². The highest BCUT2D eigenvalue weighted by Gasteiger charge is 2.20. The van der Waals surface area contributed by atoms with Crippen molar-refractivity contribution in [2.75, 3.05) is 12.3 Å². The number of anilines is 1. The Morgan fingerprint density at radius 3 is 2.93 bits per heavy atom. The molecule has 0 atom stereocenters. The second kappa shape index (κ2) is 4.99. The molecule has 0 spiro atoms. The maximum Gasteiger partial charge on any atom is 0.0728 e. The number of ether oxygens (including phenoxy) is 1. The van der Waals surface area contributed by atoms with Crippen LogP contribution in [0.1, 0.15) is 24.8 Å². The van der Waals surface area contributed by atoms with Gasteiger partial charge in [0.15, 0.2) is 0 Å². The molecule has 0 aromatic heterocycles. The normalized spacial score (nSPS) is 15.5. The molecule has 2 N–H and O–H groups in total. The van der Waals surface area contributed by atoms with Gasteiger partial charge in [-0.05, 0) is 39.9 Å². The molecule has 1 saturated carbocycles. The van der Waals surface area contributed by atoms with Crippen LogP contribution < -0.4 is 5.73 Å². The van der Waals surface area contributed by atoms with Crippen LogP contribution in [0.3, 0.4) is 0 Å². The number of benzene rings is 1. The molecule has 0 saturated heterocycles. The minimum atomic E-state index is 0.651. The highest BCUT2D eigenvalue weighted by molar-refractivity contribution is 9.10. The molecular weight excluding hydrogens is 254 g/mol. The zero-order valence-electron chi connectivity index (χ0n) is 8.71. The highest BCUT2D eigenvalue weighted by Crippen LogP contribution is 2.32. The van der Waals surface area contributed by atoms with Gasteiger partial charge in [0.05, 0.1) is 6.61 Å². The molecule has 1 fully saturated rings. The number of nitrogen functional groups attached to an aromatic ring is 1. The number of nitrogens with two attached hydrogens (primary N) is 1. The fourth-order valence-electron chi connectivity index (χ4n) is 1.55. The highest BCUT2D eigenvalue weighted by atomic mass is 79.9. The van der Waals surface area contributed by atoms with Crippen molar-refractivity contribution >= 4 is 21.6 Å². The summed E-state index contributed by atoms with van der Waals surface area (Å²) in [5, 5.41) is 0. The quantitative estimate of drug-likeness (QED) is 0.657. The van der Waals surface area contributed by atoms with Crippen LogP contribution in [-0.4, -0.2) is 6.61 Å². The Morgan fingerprint density at radius 1 is 1.40 bits per heavy atom. The van der Waals surface area contributed by atoms with Gasteiger partial charge >= 0.3 is 0 Å². The van der Waals surface area contributed by atoms with Gasteiger partial charge in [-0.25, -0.2) is 0 Å². The zero-order valence-corrected chi connectivity index (χ0v) is 10.3. The van der Waals surface area contributed by atoms with Crippen LogP contribution >= 0.6 is 15.9 Å². The molecule has 0 aliphatic heterocycles. The average molecular weight is 270 g/mol. The molecule has 82 valence electrons. The monoisotopic (exact) mass is 269 g/mol. The lowest BCUT2D eigenvalue weighted by Crippen LogP contribution is -1.98. The summed E-state index contributed by atoms with van der Waals surface area (Å²) in [5.41, 5.74) is 7.69. The third-order valence-electron chi connectivity index (χ3n) is 2.73. The summed E-state index contributed by atoms with van der Waals surface area (Å²) in [6.45, 7) is 1.52. The van der Waals surface area contributed by atoms with Gasteiger partial charge in [0.1, 0.15) is 0 Å². The lowest BCUT2D eigenvalue weighted by molar-refractivity contribution is 0.115. The summed E-state index contributed by atoms with van der Waals surface area (Å²) in [6.07, 6.45) is 4.00. The van der Waals surface area contributed by atoms with Gasteiger partial charge in [-0.1, -0.05) is 25.0 Å². The van der Waals surface area contributed by atoms with Crippen LogP contribution in [0.25, 0.3) is 0 Å². The Labute approximate surface area is 98.9 Å². The van der Waals surface area contributed by atoms with E-state index in [9.17, 15) is 0 Å². The van der Waals surface area contributed by atoms with Crippen LogP contribution in [0.4, 0.5) is 5.69 Å². The first kappa shape index (κ1) is 11.0. The van der Waals surface area contributed by atoms with Crippen LogP contribution in [0, 0.1) is 5.92 Å². The van der Waals surface area contributed by atoms with Crippen molar-refractivity contribution < 1.29 is 4.74 Å². The van der Waals surface area contributed by atoms with E-state index in [1.165, 1.54) is 19.3 Å². The fourth-order valence-corrected chi connectivity index (χ4v) is 1.93. The topological polar surface area (TPSA) is 35.2 Å². The Morgan fingerprint density at radius 2 is 2.20 bits per heavy atom. The van der Waals surface area contributed by atoms with Gasteiger partial charge in [-0.3, -0.25) is 0 Å². The van der Waals surface area contributed by atoms with Crippen molar-refractivity contribution in [2.24, 2.45) is 5.92 Å². The minimum Gasteiger partial charge on any atom is -0.398 e. The molecular formula is C12H16BrNO. The van der Waals surface area contributed by atoms with Gasteiger partial charge in [0.2, 0.25) is 0 Å².